The summed E-state index contributed by atoms with van der Waals surface area (Å²) in [6.07, 6.45) is 0. The minimum absolute atomic E-state index is 0.163. The maximum atomic E-state index is 11.9. The van der Waals surface area contributed by atoms with Gasteiger partial charge in [0.05, 0.1) is 17.2 Å². The predicted octanol–water partition coefficient (Wildman–Crippen LogP) is 2.91. The van der Waals surface area contributed by atoms with Gasteiger partial charge in [0.2, 0.25) is 5.91 Å². The van der Waals surface area contributed by atoms with Gasteiger partial charge in [0, 0.05) is 17.0 Å². The van der Waals surface area contributed by atoms with Gasteiger partial charge in [-0.25, -0.2) is 0 Å². The largest absolute Gasteiger partial charge is 0.396 e. The first-order valence-corrected chi connectivity index (χ1v) is 7.40. The van der Waals surface area contributed by atoms with Crippen LogP contribution in [-0.2, 0) is 9.63 Å². The molecule has 0 radical (unpaired) electrons. The molecule has 4 nitrogen and oxygen atoms in total. The molecule has 5 heteroatoms. The zero-order chi connectivity index (χ0) is 13.8. The van der Waals surface area contributed by atoms with Crippen LogP contribution in [0.2, 0.25) is 0 Å². The summed E-state index contributed by atoms with van der Waals surface area (Å²) >= 11 is 1.59. The molecule has 0 unspecified atom stereocenters. The van der Waals surface area contributed by atoms with Gasteiger partial charge in [0.25, 0.3) is 0 Å². The number of oxime groups is 1. The number of thioether (sulfide) groups is 1. The minimum atomic E-state index is 0.163. The van der Waals surface area contributed by atoms with Crippen LogP contribution in [0.3, 0.4) is 0 Å². The van der Waals surface area contributed by atoms with E-state index in [-0.39, 0.29) is 5.91 Å². The van der Waals surface area contributed by atoms with Crippen molar-refractivity contribution in [2.75, 3.05) is 23.8 Å². The van der Waals surface area contributed by atoms with Crippen LogP contribution in [0.25, 0.3) is 0 Å². The van der Waals surface area contributed by atoms with E-state index in [4.69, 9.17) is 4.84 Å². The van der Waals surface area contributed by atoms with Crippen molar-refractivity contribution in [2.45, 2.75) is 25.7 Å². The number of rotatable bonds is 4. The van der Waals surface area contributed by atoms with Crippen molar-refractivity contribution in [3.05, 3.63) is 23.8 Å². The van der Waals surface area contributed by atoms with Crippen molar-refractivity contribution in [1.29, 1.82) is 0 Å². The van der Waals surface area contributed by atoms with Crippen molar-refractivity contribution in [1.82, 2.24) is 0 Å². The highest BCUT2D eigenvalue weighted by molar-refractivity contribution is 8.00. The lowest BCUT2D eigenvalue weighted by molar-refractivity contribution is -0.116. The number of amides is 1. The van der Waals surface area contributed by atoms with Crippen LogP contribution < -0.4 is 4.90 Å². The van der Waals surface area contributed by atoms with Gasteiger partial charge in [-0.1, -0.05) is 11.2 Å². The van der Waals surface area contributed by atoms with E-state index in [2.05, 4.69) is 11.2 Å². The molecule has 0 atom stereocenters. The molecule has 0 fully saturated rings. The number of hydrogen-bond acceptors (Lipinski definition) is 4. The predicted molar refractivity (Wildman–Crippen MR) is 79.0 cm³/mol. The number of carbonyl (C=O) groups is 1. The van der Waals surface area contributed by atoms with Gasteiger partial charge in [-0.3, -0.25) is 4.79 Å². The summed E-state index contributed by atoms with van der Waals surface area (Å²) in [7, 11) is 0. The van der Waals surface area contributed by atoms with Gasteiger partial charge < -0.3 is 9.74 Å². The quantitative estimate of drug-likeness (QED) is 0.628. The first kappa shape index (κ1) is 13.9. The molecule has 0 N–H and O–H groups in total. The number of hydrogen-bond donors (Lipinski definition) is 0. The molecule has 1 amide bonds. The number of benzene rings is 1. The maximum Gasteiger partial charge on any atom is 0.237 e. The SMILES string of the molecule is CCO/N=C(/C)c1ccc2c(c1)N(CC)C(=O)CS2. The summed E-state index contributed by atoms with van der Waals surface area (Å²) in [5.74, 6) is 0.684. The van der Waals surface area contributed by atoms with Crippen molar-refractivity contribution in [3.63, 3.8) is 0 Å². The first-order chi connectivity index (χ1) is 9.17. The van der Waals surface area contributed by atoms with Crippen molar-refractivity contribution < 1.29 is 9.63 Å². The molecular formula is C14H18N2O2S. The number of fused-ring (bicyclic) bond motifs is 1. The summed E-state index contributed by atoms with van der Waals surface area (Å²) in [5, 5.41) is 4.04. The molecule has 1 aliphatic rings. The Morgan fingerprint density at radius 1 is 1.47 bits per heavy atom. The van der Waals surface area contributed by atoms with Gasteiger partial charge in [0.15, 0.2) is 0 Å². The highest BCUT2D eigenvalue weighted by Crippen LogP contribution is 2.35. The first-order valence-electron chi connectivity index (χ1n) is 6.41. The van der Waals surface area contributed by atoms with Gasteiger partial charge in [0.1, 0.15) is 6.61 Å². The average Bonchev–Trinajstić information content (AvgIpc) is 2.44. The highest BCUT2D eigenvalue weighted by Gasteiger charge is 2.23. The van der Waals surface area contributed by atoms with E-state index >= 15 is 0 Å². The monoisotopic (exact) mass is 278 g/mol. The molecule has 1 aliphatic heterocycles. The molecular weight excluding hydrogens is 260 g/mol. The summed E-state index contributed by atoms with van der Waals surface area (Å²) in [6, 6.07) is 6.09. The standard InChI is InChI=1S/C14H18N2O2S/c1-4-16-12-8-11(10(3)15-18-5-2)6-7-13(12)19-9-14(16)17/h6-8H,4-5,9H2,1-3H3/b15-10-. The number of nitrogens with zero attached hydrogens (tertiary/aromatic N) is 2. The lowest BCUT2D eigenvalue weighted by Gasteiger charge is -2.28. The van der Waals surface area contributed by atoms with E-state index in [1.807, 2.05) is 37.8 Å². The third kappa shape index (κ3) is 2.92. The van der Waals surface area contributed by atoms with E-state index in [1.165, 1.54) is 0 Å². The topological polar surface area (TPSA) is 41.9 Å². The van der Waals surface area contributed by atoms with E-state index in [1.54, 1.807) is 11.8 Å². The van der Waals surface area contributed by atoms with E-state index in [0.29, 0.717) is 18.9 Å². The van der Waals surface area contributed by atoms with Crippen LogP contribution in [0.4, 0.5) is 5.69 Å². The Hall–Kier alpha value is -1.49. The zero-order valence-electron chi connectivity index (χ0n) is 11.5. The molecule has 102 valence electrons. The molecule has 0 bridgehead atoms. The van der Waals surface area contributed by atoms with Crippen molar-refractivity contribution in [3.8, 4) is 0 Å². The van der Waals surface area contributed by atoms with Gasteiger partial charge in [-0.15, -0.1) is 11.8 Å². The van der Waals surface area contributed by atoms with Gasteiger partial charge >= 0.3 is 0 Å². The molecule has 0 aromatic heterocycles. The van der Waals surface area contributed by atoms with Crippen molar-refractivity contribution >= 4 is 29.1 Å². The number of anilines is 1. The van der Waals surface area contributed by atoms with Crippen LogP contribution in [-0.4, -0.2) is 30.5 Å². The second-order valence-electron chi connectivity index (χ2n) is 4.20. The van der Waals surface area contributed by atoms with Gasteiger partial charge in [-0.05, 0) is 32.9 Å². The Morgan fingerprint density at radius 2 is 2.26 bits per heavy atom. The maximum absolute atomic E-state index is 11.9. The summed E-state index contributed by atoms with van der Waals surface area (Å²) < 4.78 is 0. The van der Waals surface area contributed by atoms with Crippen LogP contribution in [0.1, 0.15) is 26.3 Å². The Bertz CT molecular complexity index is 514. The second-order valence-corrected chi connectivity index (χ2v) is 5.22. The van der Waals surface area contributed by atoms with Crippen LogP contribution in [0.15, 0.2) is 28.3 Å². The van der Waals surface area contributed by atoms with E-state index < -0.39 is 0 Å². The zero-order valence-corrected chi connectivity index (χ0v) is 12.3. The summed E-state index contributed by atoms with van der Waals surface area (Å²) in [5.41, 5.74) is 2.79. The Morgan fingerprint density at radius 3 is 2.95 bits per heavy atom. The summed E-state index contributed by atoms with van der Waals surface area (Å²) in [6.45, 7) is 7.05. The van der Waals surface area contributed by atoms with E-state index in [9.17, 15) is 4.79 Å². The molecule has 2 rings (SSSR count). The molecule has 0 saturated heterocycles. The fraction of sp³-hybridized carbons (Fsp3) is 0.429. The van der Waals surface area contributed by atoms with Crippen LogP contribution in [0, 0.1) is 0 Å². The molecule has 0 spiro atoms. The lowest BCUT2D eigenvalue weighted by Crippen LogP contribution is -2.35. The third-order valence-corrected chi connectivity index (χ3v) is 4.01. The lowest BCUT2D eigenvalue weighted by atomic mass is 10.1. The molecule has 1 aromatic rings. The molecule has 1 heterocycles. The summed E-state index contributed by atoms with van der Waals surface area (Å²) in [4.78, 5) is 19.9. The smallest absolute Gasteiger partial charge is 0.237 e. The Labute approximate surface area is 117 Å². The Kier molecular flexibility index (Phi) is 4.47. The Balaban J connectivity index is 2.36. The molecule has 0 aliphatic carbocycles. The van der Waals surface area contributed by atoms with Crippen LogP contribution >= 0.6 is 11.8 Å². The van der Waals surface area contributed by atoms with E-state index in [0.717, 1.165) is 21.9 Å². The van der Waals surface area contributed by atoms with Crippen molar-refractivity contribution in [2.24, 2.45) is 5.16 Å². The fourth-order valence-corrected chi connectivity index (χ4v) is 2.90. The second kappa shape index (κ2) is 6.10. The molecule has 1 aromatic carbocycles. The molecule has 0 saturated carbocycles. The molecule has 19 heavy (non-hydrogen) atoms. The van der Waals surface area contributed by atoms with Crippen LogP contribution in [0.5, 0.6) is 0 Å². The third-order valence-electron chi connectivity index (χ3n) is 2.97. The normalized spacial score (nSPS) is 15.4. The fourth-order valence-electron chi connectivity index (χ4n) is 1.99. The average molecular weight is 278 g/mol. The minimum Gasteiger partial charge on any atom is -0.396 e. The number of carbonyl (C=O) groups excluding carboxylic acids is 1. The highest BCUT2D eigenvalue weighted by atomic mass is 32.2. The van der Waals surface area contributed by atoms with Gasteiger partial charge in [-0.2, -0.15) is 0 Å².